The molecule has 21 heavy (non-hydrogen) atoms. The van der Waals surface area contributed by atoms with Gasteiger partial charge in [0.15, 0.2) is 0 Å². The van der Waals surface area contributed by atoms with E-state index < -0.39 is 17.8 Å². The number of carboxylic acids is 1. The first kappa shape index (κ1) is 13.9. The zero-order valence-corrected chi connectivity index (χ0v) is 11.9. The Morgan fingerprint density at radius 2 is 1.86 bits per heavy atom. The minimum Gasteiger partial charge on any atom is -0.495 e. The van der Waals surface area contributed by atoms with Gasteiger partial charge in [0.1, 0.15) is 5.75 Å². The molecule has 0 unspecified atom stereocenters. The van der Waals surface area contributed by atoms with Crippen LogP contribution >= 0.6 is 0 Å². The van der Waals surface area contributed by atoms with Crippen molar-refractivity contribution in [1.82, 2.24) is 0 Å². The maximum Gasteiger partial charge on any atom is 0.307 e. The highest BCUT2D eigenvalue weighted by atomic mass is 16.5. The SMILES string of the molecule is COc1ccccc1NC(=O)[C@@H]1[C@H]2CC[C@@H](C2)[C@H]1C(=O)O. The molecule has 112 valence electrons. The summed E-state index contributed by atoms with van der Waals surface area (Å²) in [5.41, 5.74) is 0.594. The number of carboxylic acid groups (broad SMARTS) is 1. The molecule has 4 atom stereocenters. The van der Waals surface area contributed by atoms with Crippen molar-refractivity contribution < 1.29 is 19.4 Å². The first-order chi connectivity index (χ1) is 10.1. The fourth-order valence-electron chi connectivity index (χ4n) is 3.99. The smallest absolute Gasteiger partial charge is 0.307 e. The van der Waals surface area contributed by atoms with Gasteiger partial charge in [-0.25, -0.2) is 0 Å². The number of carbonyl (C=O) groups excluding carboxylic acids is 1. The average Bonchev–Trinajstić information content (AvgIpc) is 3.08. The molecular formula is C16H19NO4. The molecule has 5 heteroatoms. The highest BCUT2D eigenvalue weighted by molar-refractivity contribution is 5.97. The Morgan fingerprint density at radius 3 is 2.52 bits per heavy atom. The van der Waals surface area contributed by atoms with Crippen LogP contribution in [0.25, 0.3) is 0 Å². The quantitative estimate of drug-likeness (QED) is 0.892. The second kappa shape index (κ2) is 5.39. The number of nitrogens with one attached hydrogen (secondary N) is 1. The van der Waals surface area contributed by atoms with Gasteiger partial charge in [-0.1, -0.05) is 12.1 Å². The summed E-state index contributed by atoms with van der Waals surface area (Å²) in [7, 11) is 1.54. The molecule has 2 aliphatic carbocycles. The van der Waals surface area contributed by atoms with Gasteiger partial charge in [0.05, 0.1) is 24.6 Å². The van der Waals surface area contributed by atoms with Crippen molar-refractivity contribution in [3.05, 3.63) is 24.3 Å². The fraction of sp³-hybridized carbons (Fsp3) is 0.500. The third-order valence-corrected chi connectivity index (χ3v) is 4.87. The molecule has 0 radical (unpaired) electrons. The third kappa shape index (κ3) is 2.37. The van der Waals surface area contributed by atoms with E-state index in [2.05, 4.69) is 5.32 Å². The van der Waals surface area contributed by atoms with E-state index in [0.29, 0.717) is 11.4 Å². The first-order valence-corrected chi connectivity index (χ1v) is 7.28. The molecular weight excluding hydrogens is 270 g/mol. The Kier molecular flexibility index (Phi) is 3.57. The Bertz CT molecular complexity index is 571. The van der Waals surface area contributed by atoms with E-state index >= 15 is 0 Å². The summed E-state index contributed by atoms with van der Waals surface area (Å²) in [5, 5.41) is 12.3. The van der Waals surface area contributed by atoms with Crippen molar-refractivity contribution in [2.45, 2.75) is 19.3 Å². The summed E-state index contributed by atoms with van der Waals surface area (Å²) in [4.78, 5) is 24.0. The lowest BCUT2D eigenvalue weighted by molar-refractivity contribution is -0.148. The fourth-order valence-corrected chi connectivity index (χ4v) is 3.99. The molecule has 1 aromatic rings. The number of hydrogen-bond acceptors (Lipinski definition) is 3. The van der Waals surface area contributed by atoms with Crippen LogP contribution in [-0.4, -0.2) is 24.1 Å². The molecule has 0 heterocycles. The highest BCUT2D eigenvalue weighted by Crippen LogP contribution is 2.52. The van der Waals surface area contributed by atoms with Crippen LogP contribution in [0.4, 0.5) is 5.69 Å². The molecule has 5 nitrogen and oxygen atoms in total. The number of methoxy groups -OCH3 is 1. The van der Waals surface area contributed by atoms with E-state index in [1.807, 2.05) is 12.1 Å². The van der Waals surface area contributed by atoms with Gasteiger partial charge in [-0.05, 0) is 43.2 Å². The lowest BCUT2D eigenvalue weighted by atomic mass is 9.78. The minimum atomic E-state index is -0.845. The summed E-state index contributed by atoms with van der Waals surface area (Å²) in [6.45, 7) is 0. The minimum absolute atomic E-state index is 0.154. The lowest BCUT2D eigenvalue weighted by Crippen LogP contribution is -2.37. The molecule has 2 aliphatic rings. The average molecular weight is 289 g/mol. The number of hydrogen-bond donors (Lipinski definition) is 2. The van der Waals surface area contributed by atoms with Gasteiger partial charge in [0, 0.05) is 0 Å². The number of benzene rings is 1. The van der Waals surface area contributed by atoms with E-state index in [-0.39, 0.29) is 17.7 Å². The predicted octanol–water partition coefficient (Wildman–Crippen LogP) is 2.38. The predicted molar refractivity (Wildman–Crippen MR) is 77.1 cm³/mol. The maximum absolute atomic E-state index is 12.6. The largest absolute Gasteiger partial charge is 0.495 e. The van der Waals surface area contributed by atoms with Gasteiger partial charge in [-0.2, -0.15) is 0 Å². The molecule has 0 saturated heterocycles. The third-order valence-electron chi connectivity index (χ3n) is 4.87. The van der Waals surface area contributed by atoms with Crippen LogP contribution in [0.5, 0.6) is 5.75 Å². The lowest BCUT2D eigenvalue weighted by Gasteiger charge is -2.27. The van der Waals surface area contributed by atoms with Gasteiger partial charge in [0.25, 0.3) is 0 Å². The number of para-hydroxylation sites is 2. The number of anilines is 1. The van der Waals surface area contributed by atoms with Crippen LogP contribution in [0.3, 0.4) is 0 Å². The first-order valence-electron chi connectivity index (χ1n) is 7.28. The van der Waals surface area contributed by atoms with E-state index in [1.165, 1.54) is 0 Å². The normalized spacial score (nSPS) is 30.1. The number of rotatable bonds is 4. The Morgan fingerprint density at radius 1 is 1.19 bits per heavy atom. The van der Waals surface area contributed by atoms with Gasteiger partial charge in [0.2, 0.25) is 5.91 Å². The molecule has 0 spiro atoms. The van der Waals surface area contributed by atoms with E-state index in [1.54, 1.807) is 19.2 Å². The van der Waals surface area contributed by atoms with Gasteiger partial charge < -0.3 is 15.2 Å². The Hall–Kier alpha value is -2.04. The number of ether oxygens (including phenoxy) is 1. The number of carbonyl (C=O) groups is 2. The molecule has 3 rings (SSSR count). The van der Waals surface area contributed by atoms with Crippen LogP contribution < -0.4 is 10.1 Å². The van der Waals surface area contributed by atoms with Crippen molar-refractivity contribution >= 4 is 17.6 Å². The molecule has 2 N–H and O–H groups in total. The second-order valence-electron chi connectivity index (χ2n) is 5.91. The van der Waals surface area contributed by atoms with Crippen LogP contribution in [0.15, 0.2) is 24.3 Å². The van der Waals surface area contributed by atoms with Gasteiger partial charge in [-0.3, -0.25) is 9.59 Å². The summed E-state index contributed by atoms with van der Waals surface area (Å²) in [6, 6.07) is 7.17. The Labute approximate surface area is 123 Å². The second-order valence-corrected chi connectivity index (χ2v) is 5.91. The molecule has 1 aromatic carbocycles. The standard InChI is InChI=1S/C16H19NO4/c1-21-12-5-3-2-4-11(12)17-15(18)13-9-6-7-10(8-9)14(13)16(19)20/h2-5,9-10,13-14H,6-8H2,1H3,(H,17,18)(H,19,20)/t9-,10-,13+,14+/m0/s1. The molecule has 2 saturated carbocycles. The summed E-state index contributed by atoms with van der Waals surface area (Å²) in [5.74, 6) is -1.07. The van der Waals surface area contributed by atoms with Crippen LogP contribution in [-0.2, 0) is 9.59 Å². The van der Waals surface area contributed by atoms with Crippen molar-refractivity contribution in [3.8, 4) is 5.75 Å². The van der Waals surface area contributed by atoms with Crippen LogP contribution in [0, 0.1) is 23.7 Å². The number of amides is 1. The van der Waals surface area contributed by atoms with E-state index in [0.717, 1.165) is 19.3 Å². The van der Waals surface area contributed by atoms with Crippen LogP contribution in [0.1, 0.15) is 19.3 Å². The van der Waals surface area contributed by atoms with Crippen molar-refractivity contribution in [3.63, 3.8) is 0 Å². The van der Waals surface area contributed by atoms with Crippen molar-refractivity contribution in [2.24, 2.45) is 23.7 Å². The summed E-state index contributed by atoms with van der Waals surface area (Å²) in [6.07, 6.45) is 2.75. The summed E-state index contributed by atoms with van der Waals surface area (Å²) < 4.78 is 5.21. The highest BCUT2D eigenvalue weighted by Gasteiger charge is 2.54. The zero-order valence-electron chi connectivity index (χ0n) is 11.9. The molecule has 0 aliphatic heterocycles. The molecule has 0 aromatic heterocycles. The number of aliphatic carboxylic acids is 1. The van der Waals surface area contributed by atoms with Crippen LogP contribution in [0.2, 0.25) is 0 Å². The maximum atomic E-state index is 12.6. The number of fused-ring (bicyclic) bond motifs is 2. The van der Waals surface area contributed by atoms with Gasteiger partial charge in [-0.15, -0.1) is 0 Å². The molecule has 2 fully saturated rings. The van der Waals surface area contributed by atoms with E-state index in [9.17, 15) is 14.7 Å². The van der Waals surface area contributed by atoms with Crippen molar-refractivity contribution in [1.29, 1.82) is 0 Å². The van der Waals surface area contributed by atoms with E-state index in [4.69, 9.17) is 4.74 Å². The summed E-state index contributed by atoms with van der Waals surface area (Å²) >= 11 is 0. The monoisotopic (exact) mass is 289 g/mol. The topological polar surface area (TPSA) is 75.6 Å². The molecule has 2 bridgehead atoms. The van der Waals surface area contributed by atoms with Crippen molar-refractivity contribution in [2.75, 3.05) is 12.4 Å². The molecule has 1 amide bonds. The Balaban J connectivity index is 1.80. The zero-order chi connectivity index (χ0) is 15.0. The van der Waals surface area contributed by atoms with Gasteiger partial charge >= 0.3 is 5.97 Å².